The molecule has 47 heavy (non-hydrogen) atoms. The molecule has 1 heterocycles. The molecule has 1 aromatic rings. The second-order valence-corrected chi connectivity index (χ2v) is 18.3. The first-order valence-electron chi connectivity index (χ1n) is 18.9. The van der Waals surface area contributed by atoms with Gasteiger partial charge in [0.1, 0.15) is 0 Å². The van der Waals surface area contributed by atoms with Crippen LogP contribution in [-0.2, 0) is 4.79 Å². The SMILES string of the molecule is C=C(C)[C@@H]1CC[C@]2(CNC(=O)[C@@H]3CCCN3)CC[C@]3(C)[C@H](CC[C@@H]4[C@@]5(C)CC=C(c6ccc(C(=O)O)cc6)C(C)(C)[C@@H]5CC[C@]43C)[C@@H]12. The fourth-order valence-electron chi connectivity index (χ4n) is 13.8. The fraction of sp³-hybridized carbons (Fsp3) is 0.714. The number of carboxylic acids is 1. The van der Waals surface area contributed by atoms with Crippen molar-refractivity contribution < 1.29 is 14.7 Å². The van der Waals surface area contributed by atoms with Gasteiger partial charge in [-0.3, -0.25) is 4.79 Å². The van der Waals surface area contributed by atoms with Crippen molar-refractivity contribution in [3.63, 3.8) is 0 Å². The summed E-state index contributed by atoms with van der Waals surface area (Å²) in [6.07, 6.45) is 15.7. The minimum atomic E-state index is -0.866. The molecule has 5 heteroatoms. The average Bonchev–Trinajstić information content (AvgIpc) is 3.70. The summed E-state index contributed by atoms with van der Waals surface area (Å²) in [4.78, 5) is 24.8. The van der Waals surface area contributed by atoms with E-state index in [1.54, 1.807) is 12.1 Å². The largest absolute Gasteiger partial charge is 0.478 e. The van der Waals surface area contributed by atoms with Gasteiger partial charge in [0, 0.05) is 6.54 Å². The number of hydrogen-bond acceptors (Lipinski definition) is 3. The minimum Gasteiger partial charge on any atom is -0.478 e. The number of nitrogens with one attached hydrogen (secondary N) is 2. The summed E-state index contributed by atoms with van der Waals surface area (Å²) in [6, 6.07) is 7.58. The van der Waals surface area contributed by atoms with Gasteiger partial charge in [-0.25, -0.2) is 4.79 Å². The molecular weight excluding hydrogens is 580 g/mol. The molecule has 0 aromatic heterocycles. The van der Waals surface area contributed by atoms with E-state index in [-0.39, 0.29) is 39.0 Å². The van der Waals surface area contributed by atoms with Crippen LogP contribution < -0.4 is 10.6 Å². The Morgan fingerprint density at radius 2 is 1.66 bits per heavy atom. The van der Waals surface area contributed by atoms with Crippen LogP contribution >= 0.6 is 0 Å². The quantitative estimate of drug-likeness (QED) is 0.271. The molecule has 6 aliphatic rings. The number of benzene rings is 1. The van der Waals surface area contributed by atoms with Crippen LogP contribution in [0.5, 0.6) is 0 Å². The summed E-state index contributed by atoms with van der Waals surface area (Å²) in [6.45, 7) is 21.6. The highest BCUT2D eigenvalue weighted by Gasteiger charge is 2.70. The normalized spacial score (nSPS) is 43.5. The first-order valence-corrected chi connectivity index (χ1v) is 18.9. The van der Waals surface area contributed by atoms with Gasteiger partial charge in [-0.1, -0.05) is 65.0 Å². The van der Waals surface area contributed by atoms with E-state index in [0.717, 1.165) is 32.4 Å². The highest BCUT2D eigenvalue weighted by Crippen LogP contribution is 2.77. The van der Waals surface area contributed by atoms with Crippen molar-refractivity contribution in [3.05, 3.63) is 53.6 Å². The second-order valence-electron chi connectivity index (χ2n) is 18.3. The lowest BCUT2D eigenvalue weighted by molar-refractivity contribution is -0.225. The number of carbonyl (C=O) groups excluding carboxylic acids is 1. The van der Waals surface area contributed by atoms with Crippen LogP contribution in [0.2, 0.25) is 0 Å². The Labute approximate surface area is 283 Å². The van der Waals surface area contributed by atoms with Crippen LogP contribution in [0.15, 0.2) is 42.5 Å². The molecule has 3 N–H and O–H groups in total. The molecule has 256 valence electrons. The van der Waals surface area contributed by atoms with E-state index < -0.39 is 5.97 Å². The lowest BCUT2D eigenvalue weighted by atomic mass is 9.32. The Morgan fingerprint density at radius 3 is 2.32 bits per heavy atom. The van der Waals surface area contributed by atoms with E-state index >= 15 is 0 Å². The minimum absolute atomic E-state index is 0.0132. The molecule has 7 rings (SSSR count). The van der Waals surface area contributed by atoms with E-state index in [4.69, 9.17) is 0 Å². The molecule has 1 amide bonds. The van der Waals surface area contributed by atoms with Crippen molar-refractivity contribution in [1.29, 1.82) is 0 Å². The van der Waals surface area contributed by atoms with Gasteiger partial charge in [0.15, 0.2) is 0 Å². The Bertz CT molecular complexity index is 1470. The van der Waals surface area contributed by atoms with Crippen molar-refractivity contribution in [2.24, 2.45) is 56.7 Å². The Morgan fingerprint density at radius 1 is 0.915 bits per heavy atom. The van der Waals surface area contributed by atoms with Gasteiger partial charge in [0.05, 0.1) is 11.6 Å². The van der Waals surface area contributed by atoms with Gasteiger partial charge in [-0.15, -0.1) is 0 Å². The van der Waals surface area contributed by atoms with Gasteiger partial charge in [-0.2, -0.15) is 0 Å². The van der Waals surface area contributed by atoms with Gasteiger partial charge >= 0.3 is 5.97 Å². The van der Waals surface area contributed by atoms with Gasteiger partial charge in [0.2, 0.25) is 5.91 Å². The molecule has 4 saturated carbocycles. The number of fused-ring (bicyclic) bond motifs is 7. The number of rotatable bonds is 6. The summed E-state index contributed by atoms with van der Waals surface area (Å²) in [7, 11) is 0. The van der Waals surface area contributed by atoms with Gasteiger partial charge in [0.25, 0.3) is 0 Å². The Balaban J connectivity index is 1.18. The predicted octanol–water partition coefficient (Wildman–Crippen LogP) is 8.90. The third-order valence-corrected chi connectivity index (χ3v) is 16.3. The number of hydrogen-bond donors (Lipinski definition) is 3. The van der Waals surface area contributed by atoms with E-state index in [0.29, 0.717) is 35.2 Å². The first-order chi connectivity index (χ1) is 22.2. The van der Waals surface area contributed by atoms with Gasteiger partial charge in [-0.05, 0) is 164 Å². The molecule has 0 spiro atoms. The van der Waals surface area contributed by atoms with Crippen LogP contribution in [-0.4, -0.2) is 36.1 Å². The zero-order valence-electron chi connectivity index (χ0n) is 30.0. The molecule has 5 nitrogen and oxygen atoms in total. The molecule has 0 unspecified atom stereocenters. The summed E-state index contributed by atoms with van der Waals surface area (Å²) in [5, 5.41) is 16.4. The molecule has 5 fully saturated rings. The van der Waals surface area contributed by atoms with E-state index in [9.17, 15) is 14.7 Å². The van der Waals surface area contributed by atoms with Crippen LogP contribution in [0.1, 0.15) is 128 Å². The molecule has 1 saturated heterocycles. The molecule has 1 aromatic carbocycles. The zero-order valence-corrected chi connectivity index (χ0v) is 30.0. The molecule has 1 aliphatic heterocycles. The number of carboxylic acid groups (broad SMARTS) is 1. The molecule has 5 aliphatic carbocycles. The summed E-state index contributed by atoms with van der Waals surface area (Å²) >= 11 is 0. The van der Waals surface area contributed by atoms with E-state index in [2.05, 4.69) is 64.8 Å². The topological polar surface area (TPSA) is 78.4 Å². The van der Waals surface area contributed by atoms with Crippen molar-refractivity contribution in [2.45, 2.75) is 118 Å². The van der Waals surface area contributed by atoms with Crippen LogP contribution in [0.25, 0.3) is 5.57 Å². The number of carbonyl (C=O) groups is 2. The fourth-order valence-corrected chi connectivity index (χ4v) is 13.8. The maximum atomic E-state index is 13.2. The van der Waals surface area contributed by atoms with Crippen molar-refractivity contribution in [2.75, 3.05) is 13.1 Å². The Kier molecular flexibility index (Phi) is 7.98. The predicted molar refractivity (Wildman–Crippen MR) is 190 cm³/mol. The third kappa shape index (κ3) is 4.78. The maximum Gasteiger partial charge on any atom is 0.335 e. The smallest absolute Gasteiger partial charge is 0.335 e. The van der Waals surface area contributed by atoms with Crippen LogP contribution in [0, 0.1) is 56.7 Å². The highest BCUT2D eigenvalue weighted by molar-refractivity contribution is 5.88. The molecule has 10 atom stereocenters. The monoisotopic (exact) mass is 640 g/mol. The van der Waals surface area contributed by atoms with Crippen LogP contribution in [0.4, 0.5) is 0 Å². The summed E-state index contributed by atoms with van der Waals surface area (Å²) in [5.74, 6) is 2.43. The zero-order chi connectivity index (χ0) is 33.6. The molecule has 0 bridgehead atoms. The van der Waals surface area contributed by atoms with Crippen LogP contribution in [0.3, 0.4) is 0 Å². The first kappa shape index (κ1) is 33.1. The maximum absolute atomic E-state index is 13.2. The summed E-state index contributed by atoms with van der Waals surface area (Å²) < 4.78 is 0. The number of allylic oxidation sites excluding steroid dienone is 3. The molecule has 0 radical (unpaired) electrons. The average molecular weight is 641 g/mol. The lowest BCUT2D eigenvalue weighted by Crippen LogP contribution is -2.66. The number of aromatic carboxylic acids is 1. The molecular formula is C42H60N2O3. The van der Waals surface area contributed by atoms with Gasteiger partial charge < -0.3 is 15.7 Å². The third-order valence-electron chi connectivity index (χ3n) is 16.3. The highest BCUT2D eigenvalue weighted by atomic mass is 16.4. The lowest BCUT2D eigenvalue weighted by Gasteiger charge is -2.72. The van der Waals surface area contributed by atoms with Crippen molar-refractivity contribution in [1.82, 2.24) is 10.6 Å². The van der Waals surface area contributed by atoms with E-state index in [1.165, 1.54) is 68.1 Å². The number of amides is 1. The Hall–Kier alpha value is -2.40. The summed E-state index contributed by atoms with van der Waals surface area (Å²) in [5.41, 5.74) is 5.27. The van der Waals surface area contributed by atoms with E-state index in [1.807, 2.05) is 12.1 Å². The van der Waals surface area contributed by atoms with Crippen molar-refractivity contribution >= 4 is 17.4 Å². The standard InChI is InChI=1S/C42H60N2O3/c1-26(2)29-16-21-42(25-44-36(45)32-9-8-24-43-32)23-22-40(6)31(35(29)42)14-15-34-39(5)19-17-30(27-10-12-28(13-11-27)37(46)47)38(3,4)33(39)18-20-41(34,40)7/h10-13,17,29,31-35,43H,1,8-9,14-16,18-25H2,2-7H3,(H,44,45)(H,46,47)/t29-,31+,32-,33-,34+,35+,39-,40+,41+,42+/m0/s1. The van der Waals surface area contributed by atoms with Crippen molar-refractivity contribution in [3.8, 4) is 0 Å². The second kappa shape index (κ2) is 11.3.